The van der Waals surface area contributed by atoms with Crippen molar-refractivity contribution in [2.75, 3.05) is 18.0 Å². The Labute approximate surface area is 130 Å². The van der Waals surface area contributed by atoms with Crippen LogP contribution in [-0.4, -0.2) is 23.3 Å². The van der Waals surface area contributed by atoms with Crippen molar-refractivity contribution in [2.45, 2.75) is 66.2 Å². The van der Waals surface area contributed by atoms with E-state index >= 15 is 0 Å². The molecule has 0 saturated carbocycles. The molecule has 0 aromatic carbocycles. The second-order valence-corrected chi connectivity index (χ2v) is 8.72. The monoisotopic (exact) mass is 289 g/mol. The summed E-state index contributed by atoms with van der Waals surface area (Å²) in [5.41, 5.74) is 1.58. The van der Waals surface area contributed by atoms with Crippen molar-refractivity contribution < 1.29 is 0 Å². The normalized spacial score (nSPS) is 18.1. The first-order valence-corrected chi connectivity index (χ1v) is 8.24. The summed E-state index contributed by atoms with van der Waals surface area (Å²) in [7, 11) is 0. The molecular weight excluding hydrogens is 258 g/mol. The minimum absolute atomic E-state index is 0.0746. The first-order valence-electron chi connectivity index (χ1n) is 8.24. The SMILES string of the molecule is CC(C)(C)CC1CCN(c2ccc(C(C)(C)C)nn2)CC1. The molecule has 1 aliphatic rings. The second-order valence-electron chi connectivity index (χ2n) is 8.72. The van der Waals surface area contributed by atoms with Crippen LogP contribution in [0, 0.1) is 11.3 Å². The molecule has 0 amide bonds. The average Bonchev–Trinajstić information content (AvgIpc) is 2.37. The van der Waals surface area contributed by atoms with Gasteiger partial charge in [-0.3, -0.25) is 0 Å². The highest BCUT2D eigenvalue weighted by atomic mass is 15.3. The van der Waals surface area contributed by atoms with Crippen molar-refractivity contribution in [3.05, 3.63) is 17.8 Å². The molecule has 0 unspecified atom stereocenters. The van der Waals surface area contributed by atoms with E-state index in [1.54, 1.807) is 0 Å². The quantitative estimate of drug-likeness (QED) is 0.806. The zero-order valence-electron chi connectivity index (χ0n) is 14.6. The third-order valence-electron chi connectivity index (χ3n) is 4.26. The number of piperidine rings is 1. The van der Waals surface area contributed by atoms with Crippen LogP contribution in [0.1, 0.15) is 66.5 Å². The molecule has 2 rings (SSSR count). The standard InChI is InChI=1S/C18H31N3/c1-17(2,3)13-14-9-11-21(12-10-14)16-8-7-15(19-20-16)18(4,5)6/h7-8,14H,9-13H2,1-6H3. The predicted molar refractivity (Wildman–Crippen MR) is 89.7 cm³/mol. The van der Waals surface area contributed by atoms with Crippen LogP contribution in [0.25, 0.3) is 0 Å². The highest BCUT2D eigenvalue weighted by Crippen LogP contribution is 2.32. The fraction of sp³-hybridized carbons (Fsp3) is 0.778. The van der Waals surface area contributed by atoms with Gasteiger partial charge < -0.3 is 4.90 Å². The smallest absolute Gasteiger partial charge is 0.151 e. The van der Waals surface area contributed by atoms with E-state index in [9.17, 15) is 0 Å². The number of hydrogen-bond acceptors (Lipinski definition) is 3. The summed E-state index contributed by atoms with van der Waals surface area (Å²) in [5, 5.41) is 8.86. The fourth-order valence-electron chi connectivity index (χ4n) is 3.13. The van der Waals surface area contributed by atoms with Crippen molar-refractivity contribution in [1.82, 2.24) is 10.2 Å². The Bertz CT molecular complexity index is 443. The van der Waals surface area contributed by atoms with Gasteiger partial charge in [0.25, 0.3) is 0 Å². The summed E-state index contributed by atoms with van der Waals surface area (Å²) in [6.45, 7) is 15.8. The molecule has 0 atom stereocenters. The van der Waals surface area contributed by atoms with Crippen molar-refractivity contribution in [3.8, 4) is 0 Å². The van der Waals surface area contributed by atoms with Crippen molar-refractivity contribution in [3.63, 3.8) is 0 Å². The molecule has 21 heavy (non-hydrogen) atoms. The topological polar surface area (TPSA) is 29.0 Å². The lowest BCUT2D eigenvalue weighted by Crippen LogP contribution is -2.35. The highest BCUT2D eigenvalue weighted by Gasteiger charge is 2.25. The van der Waals surface area contributed by atoms with Crippen LogP contribution in [0.4, 0.5) is 5.82 Å². The van der Waals surface area contributed by atoms with Crippen LogP contribution >= 0.6 is 0 Å². The van der Waals surface area contributed by atoms with Crippen LogP contribution in [0.3, 0.4) is 0 Å². The Kier molecular flexibility index (Phi) is 4.60. The average molecular weight is 289 g/mol. The molecule has 1 fully saturated rings. The van der Waals surface area contributed by atoms with Crippen LogP contribution in [0.5, 0.6) is 0 Å². The number of rotatable bonds is 2. The number of anilines is 1. The number of nitrogens with zero attached hydrogens (tertiary/aromatic N) is 3. The summed E-state index contributed by atoms with van der Waals surface area (Å²) in [4.78, 5) is 2.39. The summed E-state index contributed by atoms with van der Waals surface area (Å²) in [5.74, 6) is 1.90. The Hall–Kier alpha value is -1.12. The first kappa shape index (κ1) is 16.3. The predicted octanol–water partition coefficient (Wildman–Crippen LogP) is 4.43. The molecule has 0 bridgehead atoms. The molecule has 0 aliphatic carbocycles. The molecule has 118 valence electrons. The van der Waals surface area contributed by atoms with Crippen LogP contribution < -0.4 is 4.90 Å². The summed E-state index contributed by atoms with van der Waals surface area (Å²) < 4.78 is 0. The largest absolute Gasteiger partial charge is 0.355 e. The van der Waals surface area contributed by atoms with Crippen molar-refractivity contribution >= 4 is 5.82 Å². The molecule has 0 N–H and O–H groups in total. The fourth-order valence-corrected chi connectivity index (χ4v) is 3.13. The summed E-state index contributed by atoms with van der Waals surface area (Å²) in [6, 6.07) is 4.27. The molecule has 0 radical (unpaired) electrons. The molecule has 1 saturated heterocycles. The van der Waals surface area contributed by atoms with Gasteiger partial charge in [-0.15, -0.1) is 5.10 Å². The minimum atomic E-state index is 0.0746. The number of aromatic nitrogens is 2. The van der Waals surface area contributed by atoms with Gasteiger partial charge in [-0.05, 0) is 42.7 Å². The third-order valence-corrected chi connectivity index (χ3v) is 4.26. The molecular formula is C18H31N3. The second kappa shape index (κ2) is 5.94. The summed E-state index contributed by atoms with van der Waals surface area (Å²) in [6.07, 6.45) is 3.88. The van der Waals surface area contributed by atoms with E-state index in [2.05, 4.69) is 68.8 Å². The Morgan fingerprint density at radius 1 is 1.00 bits per heavy atom. The molecule has 2 heterocycles. The minimum Gasteiger partial charge on any atom is -0.355 e. The van der Waals surface area contributed by atoms with E-state index in [1.807, 2.05) is 0 Å². The van der Waals surface area contributed by atoms with Gasteiger partial charge in [0.1, 0.15) is 0 Å². The zero-order valence-corrected chi connectivity index (χ0v) is 14.6. The Balaban J connectivity index is 1.93. The van der Waals surface area contributed by atoms with Crippen LogP contribution in [0.2, 0.25) is 0 Å². The maximum atomic E-state index is 4.44. The van der Waals surface area contributed by atoms with Gasteiger partial charge in [-0.25, -0.2) is 0 Å². The Morgan fingerprint density at radius 3 is 2.05 bits per heavy atom. The first-order chi connectivity index (χ1) is 9.65. The van der Waals surface area contributed by atoms with Gasteiger partial charge in [-0.1, -0.05) is 41.5 Å². The molecule has 1 aromatic rings. The maximum Gasteiger partial charge on any atom is 0.151 e. The molecule has 1 aliphatic heterocycles. The van der Waals surface area contributed by atoms with Crippen molar-refractivity contribution in [1.29, 1.82) is 0 Å². The van der Waals surface area contributed by atoms with Gasteiger partial charge >= 0.3 is 0 Å². The van der Waals surface area contributed by atoms with E-state index < -0.39 is 0 Å². The van der Waals surface area contributed by atoms with Crippen LogP contribution in [0.15, 0.2) is 12.1 Å². The molecule has 0 spiro atoms. The van der Waals surface area contributed by atoms with E-state index in [0.717, 1.165) is 30.5 Å². The molecule has 3 heteroatoms. The van der Waals surface area contributed by atoms with E-state index in [-0.39, 0.29) is 5.41 Å². The maximum absolute atomic E-state index is 4.44. The third kappa shape index (κ3) is 4.69. The van der Waals surface area contributed by atoms with Gasteiger partial charge in [0, 0.05) is 18.5 Å². The highest BCUT2D eigenvalue weighted by molar-refractivity contribution is 5.38. The van der Waals surface area contributed by atoms with Gasteiger partial charge in [0.15, 0.2) is 5.82 Å². The lowest BCUT2D eigenvalue weighted by molar-refractivity contribution is 0.258. The zero-order chi connectivity index (χ0) is 15.7. The van der Waals surface area contributed by atoms with Gasteiger partial charge in [0.05, 0.1) is 5.69 Å². The molecule has 3 nitrogen and oxygen atoms in total. The van der Waals surface area contributed by atoms with Crippen LogP contribution in [-0.2, 0) is 5.41 Å². The molecule has 1 aromatic heterocycles. The Morgan fingerprint density at radius 2 is 1.62 bits per heavy atom. The van der Waals surface area contributed by atoms with E-state index in [4.69, 9.17) is 0 Å². The summed E-state index contributed by atoms with van der Waals surface area (Å²) >= 11 is 0. The number of hydrogen-bond donors (Lipinski definition) is 0. The van der Waals surface area contributed by atoms with E-state index in [0.29, 0.717) is 5.41 Å². The van der Waals surface area contributed by atoms with E-state index in [1.165, 1.54) is 19.3 Å². The lowest BCUT2D eigenvalue weighted by atomic mass is 9.80. The van der Waals surface area contributed by atoms with Gasteiger partial charge in [-0.2, -0.15) is 5.10 Å². The van der Waals surface area contributed by atoms with Crippen molar-refractivity contribution in [2.24, 2.45) is 11.3 Å². The van der Waals surface area contributed by atoms with Gasteiger partial charge in [0.2, 0.25) is 0 Å². The lowest BCUT2D eigenvalue weighted by Gasteiger charge is -2.35.